The van der Waals surface area contributed by atoms with Crippen molar-refractivity contribution in [2.45, 2.75) is 33.1 Å². The van der Waals surface area contributed by atoms with Crippen LogP contribution in [0.2, 0.25) is 5.15 Å². The summed E-state index contributed by atoms with van der Waals surface area (Å²) in [6.45, 7) is 5.91. The van der Waals surface area contributed by atoms with Crippen molar-refractivity contribution in [3.8, 4) is 0 Å². The van der Waals surface area contributed by atoms with Gasteiger partial charge in [-0.15, -0.1) is 0 Å². The molecule has 0 fully saturated rings. The van der Waals surface area contributed by atoms with Crippen molar-refractivity contribution in [2.75, 3.05) is 13.2 Å². The lowest BCUT2D eigenvalue weighted by molar-refractivity contribution is -0.141. The van der Waals surface area contributed by atoms with E-state index in [1.165, 1.54) is 0 Å². The monoisotopic (exact) mass is 232 g/mol. The molecular weight excluding hydrogens is 216 g/mol. The van der Waals surface area contributed by atoms with Gasteiger partial charge < -0.3 is 9.47 Å². The first-order valence-corrected chi connectivity index (χ1v) is 5.56. The van der Waals surface area contributed by atoms with Crippen molar-refractivity contribution in [3.05, 3.63) is 17.4 Å². The van der Waals surface area contributed by atoms with Gasteiger partial charge in [0.25, 0.3) is 0 Å². The van der Waals surface area contributed by atoms with Crippen LogP contribution in [0.15, 0.2) is 12.3 Å². The summed E-state index contributed by atoms with van der Waals surface area (Å²) >= 11 is 5.90. The summed E-state index contributed by atoms with van der Waals surface area (Å²) in [5.74, 6) is 0. The first kappa shape index (κ1) is 12.5. The maximum atomic E-state index is 5.90. The van der Waals surface area contributed by atoms with Crippen LogP contribution in [0.4, 0.5) is 0 Å². The van der Waals surface area contributed by atoms with Crippen LogP contribution < -0.4 is 0 Å². The topological polar surface area (TPSA) is 36.3 Å². The summed E-state index contributed by atoms with van der Waals surface area (Å²) < 4.78 is 12.6. The Morgan fingerprint density at radius 3 is 2.53 bits per heavy atom. The van der Waals surface area contributed by atoms with Crippen molar-refractivity contribution in [3.63, 3.8) is 0 Å². The number of aromatic nitrogens is 2. The van der Waals surface area contributed by atoms with Gasteiger partial charge in [0.05, 0.1) is 6.20 Å². The van der Waals surface area contributed by atoms with Gasteiger partial charge in [-0.25, -0.2) is 0 Å². The fourth-order valence-corrected chi connectivity index (χ4v) is 1.48. The molecule has 15 heavy (non-hydrogen) atoms. The summed E-state index contributed by atoms with van der Waals surface area (Å²) in [6, 6.07) is 1.76. The Hall–Kier alpha value is -0.580. The molecule has 0 bridgehead atoms. The van der Waals surface area contributed by atoms with Gasteiger partial charge in [0.2, 0.25) is 0 Å². The van der Waals surface area contributed by atoms with Crippen molar-refractivity contribution in [2.24, 2.45) is 0 Å². The van der Waals surface area contributed by atoms with Gasteiger partial charge in [0.15, 0.2) is 6.29 Å². The van der Waals surface area contributed by atoms with Gasteiger partial charge in [-0.3, -0.25) is 4.68 Å². The van der Waals surface area contributed by atoms with Gasteiger partial charge in [-0.05, 0) is 19.9 Å². The van der Waals surface area contributed by atoms with E-state index in [2.05, 4.69) is 5.10 Å². The second-order valence-corrected chi connectivity index (χ2v) is 3.39. The maximum absolute atomic E-state index is 5.90. The average molecular weight is 233 g/mol. The number of rotatable bonds is 7. The van der Waals surface area contributed by atoms with E-state index in [1.807, 2.05) is 13.8 Å². The zero-order chi connectivity index (χ0) is 11.1. The van der Waals surface area contributed by atoms with Crippen LogP contribution in [-0.4, -0.2) is 29.3 Å². The molecule has 4 nitrogen and oxygen atoms in total. The molecule has 0 aliphatic rings. The van der Waals surface area contributed by atoms with E-state index in [-0.39, 0.29) is 6.29 Å². The third-order valence-electron chi connectivity index (χ3n) is 1.95. The Kier molecular flexibility index (Phi) is 5.68. The quantitative estimate of drug-likeness (QED) is 0.677. The van der Waals surface area contributed by atoms with Crippen LogP contribution in [0.1, 0.15) is 20.3 Å². The van der Waals surface area contributed by atoms with Crippen LogP contribution in [0.25, 0.3) is 0 Å². The van der Waals surface area contributed by atoms with E-state index in [4.69, 9.17) is 21.1 Å². The van der Waals surface area contributed by atoms with Crippen molar-refractivity contribution in [1.29, 1.82) is 0 Å². The predicted molar refractivity (Wildman–Crippen MR) is 58.9 cm³/mol. The Morgan fingerprint density at radius 1 is 1.40 bits per heavy atom. The summed E-state index contributed by atoms with van der Waals surface area (Å²) in [5, 5.41) is 4.72. The van der Waals surface area contributed by atoms with Crippen LogP contribution in [0.3, 0.4) is 0 Å². The number of aryl methyl sites for hydroxylation is 1. The Labute approximate surface area is 95.1 Å². The van der Waals surface area contributed by atoms with E-state index in [1.54, 1.807) is 16.9 Å². The lowest BCUT2D eigenvalue weighted by atomic mass is 10.4. The number of ether oxygens (including phenoxy) is 2. The molecule has 0 radical (unpaired) electrons. The molecule has 0 amide bonds. The highest BCUT2D eigenvalue weighted by molar-refractivity contribution is 6.29. The Bertz CT molecular complexity index is 272. The Balaban J connectivity index is 2.36. The molecule has 0 aromatic carbocycles. The van der Waals surface area contributed by atoms with E-state index < -0.39 is 0 Å². The van der Waals surface area contributed by atoms with Crippen LogP contribution in [0, 0.1) is 0 Å². The van der Waals surface area contributed by atoms with Gasteiger partial charge >= 0.3 is 0 Å². The van der Waals surface area contributed by atoms with Crippen molar-refractivity contribution in [1.82, 2.24) is 9.78 Å². The van der Waals surface area contributed by atoms with Crippen LogP contribution in [-0.2, 0) is 16.0 Å². The normalized spacial score (nSPS) is 11.2. The van der Waals surface area contributed by atoms with E-state index >= 15 is 0 Å². The minimum Gasteiger partial charge on any atom is -0.353 e. The molecule has 1 aromatic heterocycles. The molecular formula is C10H17ClN2O2. The Morgan fingerprint density at radius 2 is 2.07 bits per heavy atom. The molecule has 1 aromatic rings. The van der Waals surface area contributed by atoms with Crippen LogP contribution >= 0.6 is 11.6 Å². The molecule has 0 spiro atoms. The molecule has 1 rings (SSSR count). The van der Waals surface area contributed by atoms with Gasteiger partial charge in [-0.1, -0.05) is 11.6 Å². The molecule has 0 atom stereocenters. The lowest BCUT2D eigenvalue weighted by Gasteiger charge is -2.16. The van der Waals surface area contributed by atoms with Crippen molar-refractivity contribution < 1.29 is 9.47 Å². The van der Waals surface area contributed by atoms with E-state index in [0.717, 1.165) is 6.42 Å². The zero-order valence-corrected chi connectivity index (χ0v) is 9.91. The molecule has 0 aliphatic carbocycles. The molecule has 86 valence electrons. The number of hydrogen-bond acceptors (Lipinski definition) is 3. The van der Waals surface area contributed by atoms with Gasteiger partial charge in [-0.2, -0.15) is 5.10 Å². The molecule has 1 heterocycles. The van der Waals surface area contributed by atoms with Gasteiger partial charge in [0, 0.05) is 26.2 Å². The average Bonchev–Trinajstić information content (AvgIpc) is 2.61. The number of halogens is 1. The fraction of sp³-hybridized carbons (Fsp3) is 0.700. The van der Waals surface area contributed by atoms with E-state index in [9.17, 15) is 0 Å². The van der Waals surface area contributed by atoms with Gasteiger partial charge in [0.1, 0.15) is 5.15 Å². The predicted octanol–water partition coefficient (Wildman–Crippen LogP) is 2.33. The fourth-order valence-electron chi connectivity index (χ4n) is 1.30. The standard InChI is InChI=1S/C10H17ClN2O2/c1-3-14-10(15-4-2)6-8-13-9(11)5-7-12-13/h5,7,10H,3-4,6,8H2,1-2H3. The second kappa shape index (κ2) is 6.82. The molecule has 0 unspecified atom stereocenters. The summed E-state index contributed by atoms with van der Waals surface area (Å²) in [7, 11) is 0. The minimum atomic E-state index is -0.166. The maximum Gasteiger partial charge on any atom is 0.159 e. The van der Waals surface area contributed by atoms with Crippen molar-refractivity contribution >= 4 is 11.6 Å². The summed E-state index contributed by atoms with van der Waals surface area (Å²) in [5.41, 5.74) is 0. The third kappa shape index (κ3) is 4.20. The second-order valence-electron chi connectivity index (χ2n) is 3.01. The minimum absolute atomic E-state index is 0.166. The highest BCUT2D eigenvalue weighted by atomic mass is 35.5. The highest BCUT2D eigenvalue weighted by Crippen LogP contribution is 2.09. The first-order valence-electron chi connectivity index (χ1n) is 5.18. The van der Waals surface area contributed by atoms with E-state index in [0.29, 0.717) is 24.9 Å². The molecule has 0 aliphatic heterocycles. The smallest absolute Gasteiger partial charge is 0.159 e. The largest absolute Gasteiger partial charge is 0.353 e. The number of hydrogen-bond donors (Lipinski definition) is 0. The SMILES string of the molecule is CCOC(CCn1nccc1Cl)OCC. The summed E-state index contributed by atoms with van der Waals surface area (Å²) in [6.07, 6.45) is 2.27. The lowest BCUT2D eigenvalue weighted by Crippen LogP contribution is -2.20. The third-order valence-corrected chi connectivity index (χ3v) is 2.27. The molecule has 5 heteroatoms. The molecule has 0 saturated heterocycles. The molecule has 0 saturated carbocycles. The number of nitrogens with zero attached hydrogens (tertiary/aromatic N) is 2. The first-order chi connectivity index (χ1) is 7.27. The summed E-state index contributed by atoms with van der Waals surface area (Å²) in [4.78, 5) is 0. The highest BCUT2D eigenvalue weighted by Gasteiger charge is 2.09. The van der Waals surface area contributed by atoms with Crippen LogP contribution in [0.5, 0.6) is 0 Å². The zero-order valence-electron chi connectivity index (χ0n) is 9.15. The molecule has 0 N–H and O–H groups in total.